The summed E-state index contributed by atoms with van der Waals surface area (Å²) in [5.41, 5.74) is 0.673. The largest absolute Gasteiger partial charge is 0.341 e. The number of urea groups is 1. The lowest BCUT2D eigenvalue weighted by molar-refractivity contribution is 0.0981. The molecule has 8 heteroatoms. The van der Waals surface area contributed by atoms with Crippen molar-refractivity contribution >= 4 is 27.6 Å². The molecule has 0 spiro atoms. The number of anilines is 1. The summed E-state index contributed by atoms with van der Waals surface area (Å²) in [5, 5.41) is 4.88. The maximum Gasteiger partial charge on any atom is 0.318 e. The van der Waals surface area contributed by atoms with Crippen molar-refractivity contribution < 1.29 is 18.0 Å². The predicted molar refractivity (Wildman–Crippen MR) is 85.6 cm³/mol. The number of carbonyl (C=O) groups excluding carboxylic acids is 2. The van der Waals surface area contributed by atoms with E-state index in [9.17, 15) is 18.0 Å². The lowest BCUT2D eigenvalue weighted by Crippen LogP contribution is -2.30. The normalized spacial score (nSPS) is 10.7. The van der Waals surface area contributed by atoms with E-state index >= 15 is 0 Å². The Balaban J connectivity index is 2.13. The molecule has 0 radical (unpaired) electrons. The molecule has 3 amide bonds. The van der Waals surface area contributed by atoms with Gasteiger partial charge in [-0.3, -0.25) is 4.79 Å². The first-order chi connectivity index (χ1) is 10.9. The van der Waals surface area contributed by atoms with E-state index < -0.39 is 22.0 Å². The highest BCUT2D eigenvalue weighted by Gasteiger charge is 2.18. The summed E-state index contributed by atoms with van der Waals surface area (Å²) in [6, 6.07) is 13.1. The molecule has 0 aliphatic rings. The van der Waals surface area contributed by atoms with E-state index in [1.165, 1.54) is 43.4 Å². The maximum absolute atomic E-state index is 12.2. The zero-order valence-electron chi connectivity index (χ0n) is 12.2. The van der Waals surface area contributed by atoms with Gasteiger partial charge in [0.1, 0.15) is 0 Å². The van der Waals surface area contributed by atoms with E-state index in [0.29, 0.717) is 5.69 Å². The lowest BCUT2D eigenvalue weighted by atomic mass is 10.2. The highest BCUT2D eigenvalue weighted by atomic mass is 32.2. The molecule has 0 fully saturated rings. The minimum absolute atomic E-state index is 0.0794. The first-order valence-electron chi connectivity index (χ1n) is 6.63. The summed E-state index contributed by atoms with van der Waals surface area (Å²) < 4.78 is 26.3. The topological polar surface area (TPSA) is 104 Å². The first-order valence-corrected chi connectivity index (χ1v) is 8.12. The number of hydrogen-bond donors (Lipinski definition) is 3. The molecule has 0 bridgehead atoms. The fourth-order valence-electron chi connectivity index (χ4n) is 1.74. The number of sulfonamides is 1. The van der Waals surface area contributed by atoms with E-state index in [1.807, 2.05) is 4.72 Å². The van der Waals surface area contributed by atoms with Crippen LogP contribution < -0.4 is 15.4 Å². The second-order valence-electron chi connectivity index (χ2n) is 4.53. The molecular weight excluding hydrogens is 318 g/mol. The molecule has 120 valence electrons. The molecule has 3 N–H and O–H groups in total. The quantitative estimate of drug-likeness (QED) is 0.789. The van der Waals surface area contributed by atoms with Crippen LogP contribution in [0.25, 0.3) is 0 Å². The van der Waals surface area contributed by atoms with Gasteiger partial charge in [-0.2, -0.15) is 0 Å². The summed E-state index contributed by atoms with van der Waals surface area (Å²) in [7, 11) is -2.52. The van der Waals surface area contributed by atoms with Crippen molar-refractivity contribution in [1.29, 1.82) is 0 Å². The second-order valence-corrected chi connectivity index (χ2v) is 6.21. The van der Waals surface area contributed by atoms with Gasteiger partial charge in [-0.25, -0.2) is 17.9 Å². The third kappa shape index (κ3) is 4.30. The molecule has 0 atom stereocenters. The van der Waals surface area contributed by atoms with Gasteiger partial charge in [-0.1, -0.05) is 18.2 Å². The standard InChI is InChI=1S/C15H15N3O4S/c1-16-15(20)17-12-7-9-13(10-8-12)23(21,22)18-14(19)11-5-3-2-4-6-11/h2-10H,1H3,(H,18,19)(H2,16,17,20). The predicted octanol–water partition coefficient (Wildman–Crippen LogP) is 1.56. The minimum Gasteiger partial charge on any atom is -0.341 e. The minimum atomic E-state index is -3.99. The van der Waals surface area contributed by atoms with Crippen LogP contribution in [0.5, 0.6) is 0 Å². The van der Waals surface area contributed by atoms with Crippen LogP contribution in [0.2, 0.25) is 0 Å². The number of carbonyl (C=O) groups is 2. The molecule has 0 saturated heterocycles. The third-order valence-corrected chi connectivity index (χ3v) is 4.26. The zero-order chi connectivity index (χ0) is 16.9. The van der Waals surface area contributed by atoms with Crippen LogP contribution in [0.1, 0.15) is 10.4 Å². The fraction of sp³-hybridized carbons (Fsp3) is 0.0667. The number of nitrogens with one attached hydrogen (secondary N) is 3. The Bertz CT molecular complexity index is 802. The Kier molecular flexibility index (Phi) is 4.97. The Morgan fingerprint density at radius 1 is 0.913 bits per heavy atom. The van der Waals surface area contributed by atoms with Crippen LogP contribution in [0.15, 0.2) is 59.5 Å². The van der Waals surface area contributed by atoms with Crippen molar-refractivity contribution in [2.45, 2.75) is 4.90 Å². The monoisotopic (exact) mass is 333 g/mol. The van der Waals surface area contributed by atoms with Crippen molar-refractivity contribution in [3.63, 3.8) is 0 Å². The van der Waals surface area contributed by atoms with Crippen LogP contribution in [-0.2, 0) is 10.0 Å². The average molecular weight is 333 g/mol. The van der Waals surface area contributed by atoms with Crippen molar-refractivity contribution in [3.8, 4) is 0 Å². The summed E-state index contributed by atoms with van der Waals surface area (Å²) in [5.74, 6) is -0.710. The molecule has 2 rings (SSSR count). The summed E-state index contributed by atoms with van der Waals surface area (Å²) in [6.07, 6.45) is 0. The Morgan fingerprint density at radius 2 is 1.52 bits per heavy atom. The number of rotatable bonds is 4. The summed E-state index contributed by atoms with van der Waals surface area (Å²) in [4.78, 5) is 23.0. The van der Waals surface area contributed by atoms with Crippen LogP contribution in [0.3, 0.4) is 0 Å². The molecule has 2 aromatic carbocycles. The van der Waals surface area contributed by atoms with Crippen LogP contribution >= 0.6 is 0 Å². The fourth-order valence-corrected chi connectivity index (χ4v) is 2.71. The molecule has 2 aromatic rings. The first kappa shape index (κ1) is 16.5. The van der Waals surface area contributed by atoms with Gasteiger partial charge in [0.05, 0.1) is 4.90 Å². The van der Waals surface area contributed by atoms with Crippen molar-refractivity contribution in [3.05, 3.63) is 60.2 Å². The Morgan fingerprint density at radius 3 is 2.09 bits per heavy atom. The number of hydrogen-bond acceptors (Lipinski definition) is 4. The zero-order valence-corrected chi connectivity index (χ0v) is 13.1. The van der Waals surface area contributed by atoms with E-state index in [1.54, 1.807) is 18.2 Å². The molecule has 0 unspecified atom stereocenters. The van der Waals surface area contributed by atoms with Crippen molar-refractivity contribution in [1.82, 2.24) is 10.0 Å². The number of amides is 3. The molecule has 0 aliphatic heterocycles. The van der Waals surface area contributed by atoms with Gasteiger partial charge in [0, 0.05) is 18.3 Å². The highest BCUT2D eigenvalue weighted by molar-refractivity contribution is 7.90. The van der Waals surface area contributed by atoms with Gasteiger partial charge in [0.15, 0.2) is 0 Å². The Hall–Kier alpha value is -2.87. The van der Waals surface area contributed by atoms with Crippen LogP contribution in [0, 0.1) is 0 Å². The van der Waals surface area contributed by atoms with Crippen molar-refractivity contribution in [2.75, 3.05) is 12.4 Å². The van der Waals surface area contributed by atoms with Gasteiger partial charge in [0.2, 0.25) is 0 Å². The average Bonchev–Trinajstić information content (AvgIpc) is 2.55. The maximum atomic E-state index is 12.2. The van der Waals surface area contributed by atoms with Gasteiger partial charge >= 0.3 is 6.03 Å². The lowest BCUT2D eigenvalue weighted by Gasteiger charge is -2.08. The molecule has 0 aliphatic carbocycles. The summed E-state index contributed by atoms with van der Waals surface area (Å²) >= 11 is 0. The van der Waals surface area contributed by atoms with Crippen molar-refractivity contribution in [2.24, 2.45) is 0 Å². The van der Waals surface area contributed by atoms with Gasteiger partial charge in [-0.05, 0) is 36.4 Å². The Labute approximate surface area is 133 Å². The van der Waals surface area contributed by atoms with Crippen LogP contribution in [0.4, 0.5) is 10.5 Å². The number of benzene rings is 2. The highest BCUT2D eigenvalue weighted by Crippen LogP contribution is 2.14. The smallest absolute Gasteiger partial charge is 0.318 e. The van der Waals surface area contributed by atoms with E-state index in [0.717, 1.165) is 0 Å². The third-order valence-electron chi connectivity index (χ3n) is 2.91. The second kappa shape index (κ2) is 6.93. The molecule has 0 heterocycles. The SMILES string of the molecule is CNC(=O)Nc1ccc(S(=O)(=O)NC(=O)c2ccccc2)cc1. The van der Waals surface area contributed by atoms with E-state index in [4.69, 9.17) is 0 Å². The van der Waals surface area contributed by atoms with Crippen LogP contribution in [-0.4, -0.2) is 27.4 Å². The van der Waals surface area contributed by atoms with E-state index in [-0.39, 0.29) is 10.5 Å². The molecule has 23 heavy (non-hydrogen) atoms. The summed E-state index contributed by atoms with van der Waals surface area (Å²) in [6.45, 7) is 0. The molecule has 0 saturated carbocycles. The molecular formula is C15H15N3O4S. The van der Waals surface area contributed by atoms with Gasteiger partial charge < -0.3 is 10.6 Å². The van der Waals surface area contributed by atoms with Gasteiger partial charge in [-0.15, -0.1) is 0 Å². The molecule has 7 nitrogen and oxygen atoms in total. The van der Waals surface area contributed by atoms with E-state index in [2.05, 4.69) is 10.6 Å². The van der Waals surface area contributed by atoms with Gasteiger partial charge in [0.25, 0.3) is 15.9 Å². The molecule has 0 aromatic heterocycles.